The summed E-state index contributed by atoms with van der Waals surface area (Å²) in [5.74, 6) is 6.13. The summed E-state index contributed by atoms with van der Waals surface area (Å²) in [7, 11) is 0. The standard InChI is InChI=1S/C14H11ClN2O3S/c15-13-8-10(17(18)19)3-6-14(13)20-9-12-5-4-11(21-12)2-1-7-16/h3-6,8H,7,9,16H2. The summed E-state index contributed by atoms with van der Waals surface area (Å²) in [5.41, 5.74) is 5.24. The summed E-state index contributed by atoms with van der Waals surface area (Å²) in [4.78, 5) is 12.0. The second-order valence-electron chi connectivity index (χ2n) is 3.93. The maximum absolute atomic E-state index is 10.6. The third-order valence-electron chi connectivity index (χ3n) is 2.47. The van der Waals surface area contributed by atoms with Crippen LogP contribution in [0, 0.1) is 22.0 Å². The van der Waals surface area contributed by atoms with Gasteiger partial charge in [-0.05, 0) is 18.2 Å². The van der Waals surface area contributed by atoms with Gasteiger partial charge in [-0.25, -0.2) is 0 Å². The highest BCUT2D eigenvalue weighted by Gasteiger charge is 2.10. The molecule has 0 aliphatic heterocycles. The van der Waals surface area contributed by atoms with Crippen LogP contribution < -0.4 is 10.5 Å². The molecule has 7 heteroatoms. The van der Waals surface area contributed by atoms with Crippen molar-refractivity contribution in [2.24, 2.45) is 5.73 Å². The summed E-state index contributed by atoms with van der Waals surface area (Å²) in [6, 6.07) is 7.91. The van der Waals surface area contributed by atoms with Crippen molar-refractivity contribution in [1.82, 2.24) is 0 Å². The molecule has 0 saturated carbocycles. The number of halogens is 1. The molecule has 0 fully saturated rings. The van der Waals surface area contributed by atoms with Crippen LogP contribution >= 0.6 is 22.9 Å². The van der Waals surface area contributed by atoms with E-state index in [0.29, 0.717) is 18.9 Å². The fraction of sp³-hybridized carbons (Fsp3) is 0.143. The Labute approximate surface area is 130 Å². The number of nitro groups is 1. The lowest BCUT2D eigenvalue weighted by atomic mass is 10.3. The number of benzene rings is 1. The van der Waals surface area contributed by atoms with Gasteiger partial charge in [-0.3, -0.25) is 10.1 Å². The lowest BCUT2D eigenvalue weighted by molar-refractivity contribution is -0.384. The molecular formula is C14H11ClN2O3S. The topological polar surface area (TPSA) is 78.4 Å². The summed E-state index contributed by atoms with van der Waals surface area (Å²) in [5, 5.41) is 10.8. The van der Waals surface area contributed by atoms with Crippen LogP contribution in [-0.2, 0) is 6.61 Å². The van der Waals surface area contributed by atoms with Crippen LogP contribution in [0.15, 0.2) is 30.3 Å². The van der Waals surface area contributed by atoms with E-state index in [1.807, 2.05) is 12.1 Å². The quantitative estimate of drug-likeness (QED) is 0.532. The van der Waals surface area contributed by atoms with E-state index in [2.05, 4.69) is 11.8 Å². The van der Waals surface area contributed by atoms with Gasteiger partial charge >= 0.3 is 0 Å². The van der Waals surface area contributed by atoms with Crippen LogP contribution in [0.1, 0.15) is 9.75 Å². The second-order valence-corrected chi connectivity index (χ2v) is 5.51. The first-order valence-corrected chi connectivity index (χ1v) is 7.14. The molecule has 0 amide bonds. The maximum Gasteiger partial charge on any atom is 0.271 e. The first-order valence-electron chi connectivity index (χ1n) is 5.94. The van der Waals surface area contributed by atoms with Gasteiger partial charge in [0, 0.05) is 17.0 Å². The number of rotatable bonds is 4. The molecule has 0 spiro atoms. The summed E-state index contributed by atoms with van der Waals surface area (Å²) in [6.07, 6.45) is 0. The number of nitrogens with two attached hydrogens (primary N) is 1. The zero-order valence-electron chi connectivity index (χ0n) is 10.8. The Bertz CT molecular complexity index is 718. The zero-order chi connectivity index (χ0) is 15.2. The molecule has 1 aromatic heterocycles. The molecule has 0 aliphatic rings. The fourth-order valence-corrected chi connectivity index (χ4v) is 2.56. The average Bonchev–Trinajstić information content (AvgIpc) is 2.91. The van der Waals surface area contributed by atoms with E-state index in [4.69, 9.17) is 22.1 Å². The third kappa shape index (κ3) is 4.20. The zero-order valence-corrected chi connectivity index (χ0v) is 12.4. The van der Waals surface area contributed by atoms with Crippen molar-refractivity contribution in [3.8, 4) is 17.6 Å². The van der Waals surface area contributed by atoms with Crippen molar-refractivity contribution < 1.29 is 9.66 Å². The predicted octanol–water partition coefficient (Wildman–Crippen LogP) is 3.20. The van der Waals surface area contributed by atoms with Gasteiger partial charge in [0.2, 0.25) is 0 Å². The molecule has 108 valence electrons. The monoisotopic (exact) mass is 322 g/mol. The number of nitrogens with zero attached hydrogens (tertiary/aromatic N) is 1. The molecule has 2 rings (SSSR count). The highest BCUT2D eigenvalue weighted by molar-refractivity contribution is 7.12. The largest absolute Gasteiger partial charge is 0.486 e. The Hall–Kier alpha value is -2.07. The van der Waals surface area contributed by atoms with Crippen molar-refractivity contribution >= 4 is 28.6 Å². The first kappa shape index (κ1) is 15.3. The van der Waals surface area contributed by atoms with Gasteiger partial charge < -0.3 is 10.5 Å². The van der Waals surface area contributed by atoms with E-state index in [1.165, 1.54) is 29.5 Å². The number of non-ortho nitro benzene ring substituents is 1. The number of ether oxygens (including phenoxy) is 1. The highest BCUT2D eigenvalue weighted by Crippen LogP contribution is 2.29. The molecule has 0 aliphatic carbocycles. The molecule has 2 N–H and O–H groups in total. The molecule has 0 radical (unpaired) electrons. The van der Waals surface area contributed by atoms with Gasteiger partial charge in [0.15, 0.2) is 0 Å². The molecule has 0 unspecified atom stereocenters. The van der Waals surface area contributed by atoms with Crippen LogP contribution in [0.4, 0.5) is 5.69 Å². The van der Waals surface area contributed by atoms with Crippen LogP contribution in [0.3, 0.4) is 0 Å². The second kappa shape index (κ2) is 7.09. The van der Waals surface area contributed by atoms with E-state index < -0.39 is 4.92 Å². The van der Waals surface area contributed by atoms with Crippen LogP contribution in [0.25, 0.3) is 0 Å². The summed E-state index contributed by atoms with van der Waals surface area (Å²) >= 11 is 7.45. The van der Waals surface area contributed by atoms with E-state index in [0.717, 1.165) is 9.75 Å². The van der Waals surface area contributed by atoms with Gasteiger partial charge in [-0.15, -0.1) is 11.3 Å². The fourth-order valence-electron chi connectivity index (χ4n) is 1.53. The molecule has 5 nitrogen and oxygen atoms in total. The lowest BCUT2D eigenvalue weighted by Gasteiger charge is -2.06. The Morgan fingerprint density at radius 2 is 2.19 bits per heavy atom. The SMILES string of the molecule is NCC#Cc1ccc(COc2ccc([N+](=O)[O-])cc2Cl)s1. The van der Waals surface area contributed by atoms with Gasteiger partial charge in [-0.2, -0.15) is 0 Å². The number of thiophene rings is 1. The lowest BCUT2D eigenvalue weighted by Crippen LogP contribution is -1.94. The Morgan fingerprint density at radius 3 is 2.86 bits per heavy atom. The molecule has 2 aromatic rings. The summed E-state index contributed by atoms with van der Waals surface area (Å²) in [6.45, 7) is 0.647. The minimum absolute atomic E-state index is 0.0668. The van der Waals surface area contributed by atoms with Crippen LogP contribution in [-0.4, -0.2) is 11.5 Å². The van der Waals surface area contributed by atoms with Crippen LogP contribution in [0.2, 0.25) is 5.02 Å². The predicted molar refractivity (Wildman–Crippen MR) is 82.7 cm³/mol. The maximum atomic E-state index is 10.6. The van der Waals surface area contributed by atoms with E-state index in [1.54, 1.807) is 0 Å². The Morgan fingerprint density at radius 1 is 1.38 bits per heavy atom. The minimum atomic E-state index is -0.503. The van der Waals surface area contributed by atoms with Gasteiger partial charge in [0.1, 0.15) is 12.4 Å². The molecule has 1 aromatic carbocycles. The summed E-state index contributed by atoms with van der Waals surface area (Å²) < 4.78 is 5.56. The van der Waals surface area contributed by atoms with E-state index >= 15 is 0 Å². The highest BCUT2D eigenvalue weighted by atomic mass is 35.5. The number of hydrogen-bond acceptors (Lipinski definition) is 5. The van der Waals surface area contributed by atoms with Crippen LogP contribution in [0.5, 0.6) is 5.75 Å². The van der Waals surface area contributed by atoms with Crippen molar-refractivity contribution in [3.05, 3.63) is 55.2 Å². The molecule has 21 heavy (non-hydrogen) atoms. The first-order chi connectivity index (χ1) is 10.1. The van der Waals surface area contributed by atoms with Gasteiger partial charge in [-0.1, -0.05) is 23.4 Å². The Kier molecular flexibility index (Phi) is 5.17. The molecule has 1 heterocycles. The average molecular weight is 323 g/mol. The van der Waals surface area contributed by atoms with Crippen molar-refractivity contribution in [3.63, 3.8) is 0 Å². The molecule has 0 saturated heterocycles. The van der Waals surface area contributed by atoms with Crippen molar-refractivity contribution in [2.75, 3.05) is 6.54 Å². The number of hydrogen-bond donors (Lipinski definition) is 1. The minimum Gasteiger partial charge on any atom is -0.486 e. The van der Waals surface area contributed by atoms with E-state index in [9.17, 15) is 10.1 Å². The third-order valence-corrected chi connectivity index (χ3v) is 3.74. The molecular weight excluding hydrogens is 312 g/mol. The Balaban J connectivity index is 2.03. The van der Waals surface area contributed by atoms with Crippen molar-refractivity contribution in [2.45, 2.75) is 6.61 Å². The van der Waals surface area contributed by atoms with Gasteiger partial charge in [0.25, 0.3) is 5.69 Å². The smallest absolute Gasteiger partial charge is 0.271 e. The van der Waals surface area contributed by atoms with Gasteiger partial charge in [0.05, 0.1) is 21.4 Å². The van der Waals surface area contributed by atoms with Crippen molar-refractivity contribution in [1.29, 1.82) is 0 Å². The molecule has 0 bridgehead atoms. The molecule has 0 atom stereocenters. The normalized spacial score (nSPS) is 9.81. The number of nitro benzene ring substituents is 1. The van der Waals surface area contributed by atoms with E-state index in [-0.39, 0.29) is 10.7 Å².